The van der Waals surface area contributed by atoms with Gasteiger partial charge in [0.25, 0.3) is 0 Å². The van der Waals surface area contributed by atoms with Crippen LogP contribution in [-0.4, -0.2) is 32.4 Å². The van der Waals surface area contributed by atoms with E-state index in [2.05, 4.69) is 110 Å². The van der Waals surface area contributed by atoms with Crippen LogP contribution in [0, 0.1) is 0 Å². The Kier molecular flexibility index (Phi) is 9.66. The molecule has 1 aliphatic rings. The van der Waals surface area contributed by atoms with Crippen LogP contribution in [0.2, 0.25) is 0 Å². The average molecular weight is 524 g/mol. The van der Waals surface area contributed by atoms with Gasteiger partial charge in [0.15, 0.2) is 0 Å². The van der Waals surface area contributed by atoms with E-state index in [1.54, 1.807) is 0 Å². The summed E-state index contributed by atoms with van der Waals surface area (Å²) in [6.07, 6.45) is 2.08. The fourth-order valence-electron chi connectivity index (χ4n) is 5.27. The molecule has 1 aliphatic heterocycles. The Hall–Kier alpha value is -3.18. The lowest BCUT2D eigenvalue weighted by Gasteiger charge is -2.32. The molecule has 2 atom stereocenters. The number of ether oxygens (including phenoxy) is 3. The number of hydrogen-bond donors (Lipinski definition) is 1. The second-order valence-electron chi connectivity index (χ2n) is 10.9. The lowest BCUT2D eigenvalue weighted by atomic mass is 9.87. The van der Waals surface area contributed by atoms with Crippen LogP contribution in [0.1, 0.15) is 60.8 Å². The maximum absolute atomic E-state index is 6.46. The van der Waals surface area contributed by atoms with E-state index in [9.17, 15) is 0 Å². The molecule has 4 aromatic rings. The van der Waals surface area contributed by atoms with Gasteiger partial charge < -0.3 is 19.5 Å². The van der Waals surface area contributed by atoms with Crippen LogP contribution < -0.4 is 10.1 Å². The standard InChI is InChI=1S/C35H41NO3/c1-26(2)29-11-8-27(9-12-29)24-37-20-5-21-38-33-16-14-31(15-17-33)34-18-19-36-23-35(34)39-25-28-10-13-30-6-3-4-7-32(30)22-28/h3-4,6-17,22,26,34-36H,5,18-21,23-25H2,1-2H3. The Bertz CT molecular complexity index is 1300. The smallest absolute Gasteiger partial charge is 0.119 e. The van der Waals surface area contributed by atoms with Crippen LogP contribution >= 0.6 is 0 Å². The van der Waals surface area contributed by atoms with Crippen LogP contribution in [0.25, 0.3) is 10.8 Å². The van der Waals surface area contributed by atoms with Crippen LogP contribution in [0.4, 0.5) is 0 Å². The number of piperidine rings is 1. The predicted molar refractivity (Wildman–Crippen MR) is 159 cm³/mol. The number of benzene rings is 4. The van der Waals surface area contributed by atoms with Gasteiger partial charge in [-0.1, -0.05) is 86.6 Å². The molecular formula is C35H41NO3. The van der Waals surface area contributed by atoms with E-state index in [1.807, 2.05) is 0 Å². The molecule has 39 heavy (non-hydrogen) atoms. The van der Waals surface area contributed by atoms with Gasteiger partial charge >= 0.3 is 0 Å². The monoisotopic (exact) mass is 523 g/mol. The first-order valence-corrected chi connectivity index (χ1v) is 14.3. The zero-order chi connectivity index (χ0) is 26.9. The van der Waals surface area contributed by atoms with E-state index in [4.69, 9.17) is 14.2 Å². The molecule has 2 unspecified atom stereocenters. The SMILES string of the molecule is CC(C)c1ccc(COCCCOc2ccc(C3CCNCC3OCc3ccc4ccccc4c3)cc2)cc1. The Labute approximate surface area is 233 Å². The minimum atomic E-state index is 0.149. The fourth-order valence-corrected chi connectivity index (χ4v) is 5.27. The molecule has 0 spiro atoms. The molecule has 5 rings (SSSR count). The summed E-state index contributed by atoms with van der Waals surface area (Å²) in [5.41, 5.74) is 5.12. The minimum absolute atomic E-state index is 0.149. The van der Waals surface area contributed by atoms with Gasteiger partial charge in [-0.15, -0.1) is 0 Å². The number of rotatable bonds is 12. The van der Waals surface area contributed by atoms with Crippen molar-refractivity contribution in [3.05, 3.63) is 113 Å². The average Bonchev–Trinajstić information content (AvgIpc) is 2.98. The van der Waals surface area contributed by atoms with Gasteiger partial charge in [-0.25, -0.2) is 0 Å². The maximum Gasteiger partial charge on any atom is 0.119 e. The van der Waals surface area contributed by atoms with E-state index < -0.39 is 0 Å². The van der Waals surface area contributed by atoms with Gasteiger partial charge in [0.05, 0.1) is 32.5 Å². The van der Waals surface area contributed by atoms with Crippen molar-refractivity contribution in [2.24, 2.45) is 0 Å². The highest BCUT2D eigenvalue weighted by Crippen LogP contribution is 2.30. The van der Waals surface area contributed by atoms with Crippen molar-refractivity contribution in [3.63, 3.8) is 0 Å². The summed E-state index contributed by atoms with van der Waals surface area (Å²) >= 11 is 0. The molecule has 0 amide bonds. The highest BCUT2D eigenvalue weighted by atomic mass is 16.5. The third-order valence-corrected chi connectivity index (χ3v) is 7.63. The summed E-state index contributed by atoms with van der Waals surface area (Å²) in [7, 11) is 0. The first kappa shape index (κ1) is 27.4. The molecule has 0 radical (unpaired) electrons. The summed E-state index contributed by atoms with van der Waals surface area (Å²) in [4.78, 5) is 0. The zero-order valence-corrected chi connectivity index (χ0v) is 23.3. The number of nitrogens with one attached hydrogen (secondary N) is 1. The molecular weight excluding hydrogens is 482 g/mol. The molecule has 4 heteroatoms. The van der Waals surface area contributed by atoms with E-state index >= 15 is 0 Å². The van der Waals surface area contributed by atoms with Crippen LogP contribution in [0.15, 0.2) is 91.0 Å². The molecule has 0 bridgehead atoms. The first-order valence-electron chi connectivity index (χ1n) is 14.3. The number of hydrogen-bond acceptors (Lipinski definition) is 4. The van der Waals surface area contributed by atoms with Gasteiger partial charge in [0.1, 0.15) is 5.75 Å². The molecule has 1 saturated heterocycles. The molecule has 1 heterocycles. The van der Waals surface area contributed by atoms with Gasteiger partial charge in [-0.2, -0.15) is 0 Å². The lowest BCUT2D eigenvalue weighted by Crippen LogP contribution is -2.40. The summed E-state index contributed by atoms with van der Waals surface area (Å²) in [6.45, 7) is 8.93. The van der Waals surface area contributed by atoms with E-state index in [0.717, 1.165) is 31.7 Å². The second-order valence-corrected chi connectivity index (χ2v) is 10.9. The van der Waals surface area contributed by atoms with E-state index in [1.165, 1.54) is 33.0 Å². The maximum atomic E-state index is 6.46. The van der Waals surface area contributed by atoms with E-state index in [-0.39, 0.29) is 6.10 Å². The Morgan fingerprint density at radius 2 is 1.56 bits per heavy atom. The molecule has 0 saturated carbocycles. The Balaban J connectivity index is 1.05. The summed E-state index contributed by atoms with van der Waals surface area (Å²) in [6, 6.07) is 32.4. The van der Waals surface area contributed by atoms with Crippen molar-refractivity contribution < 1.29 is 14.2 Å². The minimum Gasteiger partial charge on any atom is -0.494 e. The topological polar surface area (TPSA) is 39.7 Å². The summed E-state index contributed by atoms with van der Waals surface area (Å²) < 4.78 is 18.3. The zero-order valence-electron chi connectivity index (χ0n) is 23.3. The molecule has 4 aromatic carbocycles. The van der Waals surface area contributed by atoms with Crippen molar-refractivity contribution in [2.75, 3.05) is 26.3 Å². The summed E-state index contributed by atoms with van der Waals surface area (Å²) in [5.74, 6) is 1.84. The van der Waals surface area contributed by atoms with Crippen molar-refractivity contribution in [1.29, 1.82) is 0 Å². The quantitative estimate of drug-likeness (QED) is 0.194. The third kappa shape index (κ3) is 7.69. The van der Waals surface area contributed by atoms with Crippen molar-refractivity contribution in [2.45, 2.75) is 57.8 Å². The molecule has 204 valence electrons. The second kappa shape index (κ2) is 13.7. The molecule has 0 aromatic heterocycles. The third-order valence-electron chi connectivity index (χ3n) is 7.63. The van der Waals surface area contributed by atoms with E-state index in [0.29, 0.717) is 38.3 Å². The van der Waals surface area contributed by atoms with Crippen molar-refractivity contribution in [3.8, 4) is 5.75 Å². The molecule has 0 aliphatic carbocycles. The number of fused-ring (bicyclic) bond motifs is 1. The predicted octanol–water partition coefficient (Wildman–Crippen LogP) is 7.61. The molecule has 1 N–H and O–H groups in total. The van der Waals surface area contributed by atoms with Crippen LogP contribution in [0.5, 0.6) is 5.75 Å². The van der Waals surface area contributed by atoms with Gasteiger partial charge in [-0.05, 0) is 70.1 Å². The fraction of sp³-hybridized carbons (Fsp3) is 0.371. The van der Waals surface area contributed by atoms with Crippen molar-refractivity contribution >= 4 is 10.8 Å². The van der Waals surface area contributed by atoms with Gasteiger partial charge in [-0.3, -0.25) is 0 Å². The molecule has 1 fully saturated rings. The van der Waals surface area contributed by atoms with Gasteiger partial charge in [0, 0.05) is 18.9 Å². The van der Waals surface area contributed by atoms with Crippen molar-refractivity contribution in [1.82, 2.24) is 5.32 Å². The molecule has 4 nitrogen and oxygen atoms in total. The summed E-state index contributed by atoms with van der Waals surface area (Å²) in [5, 5.41) is 6.04. The van der Waals surface area contributed by atoms with Crippen LogP contribution in [-0.2, 0) is 22.7 Å². The Morgan fingerprint density at radius 1 is 0.795 bits per heavy atom. The van der Waals surface area contributed by atoms with Crippen LogP contribution in [0.3, 0.4) is 0 Å². The highest BCUT2D eigenvalue weighted by molar-refractivity contribution is 5.82. The van der Waals surface area contributed by atoms with Gasteiger partial charge in [0.2, 0.25) is 0 Å². The Morgan fingerprint density at radius 3 is 2.36 bits per heavy atom. The lowest BCUT2D eigenvalue weighted by molar-refractivity contribution is 0.0106. The highest BCUT2D eigenvalue weighted by Gasteiger charge is 2.27. The first-order chi connectivity index (χ1) is 19.2. The largest absolute Gasteiger partial charge is 0.494 e. The normalized spacial score (nSPS) is 17.5.